The van der Waals surface area contributed by atoms with E-state index in [1.165, 1.54) is 7.11 Å². The Morgan fingerprint density at radius 1 is 1.29 bits per heavy atom. The van der Waals surface area contributed by atoms with E-state index in [1.54, 1.807) is 36.4 Å². The molecule has 128 valence electrons. The van der Waals surface area contributed by atoms with E-state index < -0.39 is 12.6 Å². The van der Waals surface area contributed by atoms with Gasteiger partial charge >= 0.3 is 5.97 Å². The van der Waals surface area contributed by atoms with Crippen molar-refractivity contribution in [2.75, 3.05) is 13.7 Å². The first-order chi connectivity index (χ1) is 11.6. The van der Waals surface area contributed by atoms with Crippen molar-refractivity contribution in [3.05, 3.63) is 69.2 Å². The maximum atomic E-state index is 12.6. The van der Waals surface area contributed by atoms with Crippen molar-refractivity contribution >= 4 is 21.9 Å². The number of nitrogens with one attached hydrogen (secondary N) is 1. The van der Waals surface area contributed by atoms with E-state index in [0.29, 0.717) is 17.7 Å². The summed E-state index contributed by atoms with van der Waals surface area (Å²) in [5, 5.41) is 12.8. The molecule has 2 aromatic rings. The number of hydrogen-bond donors (Lipinski definition) is 2. The number of hydrogen-bond acceptors (Lipinski definition) is 4. The van der Waals surface area contributed by atoms with E-state index in [2.05, 4.69) is 26.0 Å². The second-order valence-corrected chi connectivity index (χ2v) is 6.14. The normalized spacial score (nSPS) is 12.0. The topological polar surface area (TPSA) is 58.6 Å². The first kappa shape index (κ1) is 18.6. The summed E-state index contributed by atoms with van der Waals surface area (Å²) in [6.45, 7) is -0.0814. The number of carbonyl (C=O) groups excluding carboxylic acids is 1. The minimum atomic E-state index is -0.503. The molecule has 1 atom stereocenters. The highest BCUT2D eigenvalue weighted by Crippen LogP contribution is 2.21. The lowest BCUT2D eigenvalue weighted by atomic mass is 10.0. The molecule has 0 aliphatic heterocycles. The second kappa shape index (κ2) is 8.92. The monoisotopic (exact) mass is 395 g/mol. The Hall–Kier alpha value is -1.76. The first-order valence-electron chi connectivity index (χ1n) is 7.44. The Bertz CT molecular complexity index is 691. The van der Waals surface area contributed by atoms with Gasteiger partial charge in [0.25, 0.3) is 0 Å². The Morgan fingerprint density at radius 3 is 2.54 bits per heavy atom. The van der Waals surface area contributed by atoms with Gasteiger partial charge in [0.1, 0.15) is 6.67 Å². The summed E-state index contributed by atoms with van der Waals surface area (Å²) >= 11 is 3.44. The molecule has 0 aliphatic carbocycles. The molecule has 0 bridgehead atoms. The molecule has 0 unspecified atom stereocenters. The molecule has 0 saturated heterocycles. The number of rotatable bonds is 7. The zero-order valence-electron chi connectivity index (χ0n) is 13.3. The molecule has 0 heterocycles. The predicted molar refractivity (Wildman–Crippen MR) is 93.4 cm³/mol. The molecular weight excluding hydrogens is 377 g/mol. The number of methoxy groups -OCH3 is 1. The van der Waals surface area contributed by atoms with Gasteiger partial charge in [0.05, 0.1) is 25.3 Å². The van der Waals surface area contributed by atoms with Crippen molar-refractivity contribution in [2.45, 2.75) is 19.3 Å². The van der Waals surface area contributed by atoms with Crippen LogP contribution in [0.15, 0.2) is 46.9 Å². The van der Waals surface area contributed by atoms with Gasteiger partial charge in [-0.15, -0.1) is 0 Å². The van der Waals surface area contributed by atoms with Gasteiger partial charge in [-0.05, 0) is 28.8 Å². The highest BCUT2D eigenvalue weighted by Gasteiger charge is 2.12. The lowest BCUT2D eigenvalue weighted by Crippen LogP contribution is -2.24. The van der Waals surface area contributed by atoms with Gasteiger partial charge < -0.3 is 15.2 Å². The average molecular weight is 396 g/mol. The van der Waals surface area contributed by atoms with E-state index in [0.717, 1.165) is 15.6 Å². The highest BCUT2D eigenvalue weighted by atomic mass is 79.9. The van der Waals surface area contributed by atoms with Crippen molar-refractivity contribution < 1.29 is 19.0 Å². The van der Waals surface area contributed by atoms with Crippen LogP contribution in [-0.2, 0) is 18.0 Å². The van der Waals surface area contributed by atoms with Crippen LogP contribution < -0.4 is 5.32 Å². The molecule has 0 aromatic heterocycles. The van der Waals surface area contributed by atoms with Crippen molar-refractivity contribution in [2.24, 2.45) is 0 Å². The standard InChI is InChI=1S/C18H19BrFNO3/c1-24-18(23)14-6-7-15(16(19)8-14)10-21-17(11-22)13-4-2-12(9-20)3-5-13/h2-8,17,21-22H,9-11H2,1H3/t17-/m1/s1. The van der Waals surface area contributed by atoms with Crippen LogP contribution in [0, 0.1) is 0 Å². The van der Waals surface area contributed by atoms with Crippen molar-refractivity contribution in [3.8, 4) is 0 Å². The Balaban J connectivity index is 2.06. The van der Waals surface area contributed by atoms with Crippen LogP contribution in [0.25, 0.3) is 0 Å². The van der Waals surface area contributed by atoms with E-state index >= 15 is 0 Å². The third-order valence-corrected chi connectivity index (χ3v) is 4.47. The lowest BCUT2D eigenvalue weighted by Gasteiger charge is -2.18. The summed E-state index contributed by atoms with van der Waals surface area (Å²) < 4.78 is 18.0. The fourth-order valence-electron chi connectivity index (χ4n) is 2.30. The lowest BCUT2D eigenvalue weighted by molar-refractivity contribution is 0.0600. The Labute approximate surface area is 148 Å². The molecular formula is C18H19BrFNO3. The van der Waals surface area contributed by atoms with Gasteiger partial charge in [-0.1, -0.05) is 46.3 Å². The maximum Gasteiger partial charge on any atom is 0.337 e. The van der Waals surface area contributed by atoms with Gasteiger partial charge in [0.15, 0.2) is 0 Å². The van der Waals surface area contributed by atoms with E-state index in [9.17, 15) is 14.3 Å². The number of ether oxygens (including phenoxy) is 1. The smallest absolute Gasteiger partial charge is 0.337 e. The van der Waals surface area contributed by atoms with Crippen LogP contribution in [0.2, 0.25) is 0 Å². The Morgan fingerprint density at radius 2 is 2.00 bits per heavy atom. The van der Waals surface area contributed by atoms with Gasteiger partial charge in [-0.25, -0.2) is 9.18 Å². The summed E-state index contributed by atoms with van der Waals surface area (Å²) in [6, 6.07) is 12.0. The summed E-state index contributed by atoms with van der Waals surface area (Å²) in [5.74, 6) is -0.392. The van der Waals surface area contributed by atoms with Crippen molar-refractivity contribution in [1.29, 1.82) is 0 Å². The summed E-state index contributed by atoms with van der Waals surface area (Å²) in [4.78, 5) is 11.5. The molecule has 2 aromatic carbocycles. The summed E-state index contributed by atoms with van der Waals surface area (Å²) in [6.07, 6.45) is 0. The molecule has 6 heteroatoms. The SMILES string of the molecule is COC(=O)c1ccc(CN[C@H](CO)c2ccc(CF)cc2)c(Br)c1. The summed E-state index contributed by atoms with van der Waals surface area (Å²) in [5.41, 5.74) is 2.91. The van der Waals surface area contributed by atoms with E-state index in [1.807, 2.05) is 6.07 Å². The molecule has 4 nitrogen and oxygen atoms in total. The molecule has 0 amide bonds. The summed E-state index contributed by atoms with van der Waals surface area (Å²) in [7, 11) is 1.34. The fraction of sp³-hybridized carbons (Fsp3) is 0.278. The van der Waals surface area contributed by atoms with Gasteiger partial charge in [-0.3, -0.25) is 0 Å². The number of alkyl halides is 1. The number of aliphatic hydroxyl groups excluding tert-OH is 1. The third kappa shape index (κ3) is 4.63. The number of carbonyl (C=O) groups is 1. The molecule has 2 rings (SSSR count). The average Bonchev–Trinajstić information content (AvgIpc) is 2.63. The van der Waals surface area contributed by atoms with Crippen LogP contribution in [0.3, 0.4) is 0 Å². The van der Waals surface area contributed by atoms with Crippen LogP contribution in [-0.4, -0.2) is 24.8 Å². The quantitative estimate of drug-likeness (QED) is 0.704. The van der Waals surface area contributed by atoms with Crippen LogP contribution in [0.1, 0.15) is 33.1 Å². The second-order valence-electron chi connectivity index (χ2n) is 5.29. The first-order valence-corrected chi connectivity index (χ1v) is 8.24. The fourth-order valence-corrected chi connectivity index (χ4v) is 2.81. The molecule has 0 saturated carbocycles. The maximum absolute atomic E-state index is 12.6. The van der Waals surface area contributed by atoms with Crippen LogP contribution >= 0.6 is 15.9 Å². The zero-order valence-corrected chi connectivity index (χ0v) is 14.8. The zero-order chi connectivity index (χ0) is 17.5. The van der Waals surface area contributed by atoms with Gasteiger partial charge in [0, 0.05) is 11.0 Å². The third-order valence-electron chi connectivity index (χ3n) is 3.73. The highest BCUT2D eigenvalue weighted by molar-refractivity contribution is 9.10. The number of aliphatic hydroxyl groups is 1. The van der Waals surface area contributed by atoms with Crippen LogP contribution in [0.4, 0.5) is 4.39 Å². The number of esters is 1. The van der Waals surface area contributed by atoms with Gasteiger partial charge in [0.2, 0.25) is 0 Å². The largest absolute Gasteiger partial charge is 0.465 e. The number of halogens is 2. The molecule has 0 spiro atoms. The molecule has 24 heavy (non-hydrogen) atoms. The minimum Gasteiger partial charge on any atom is -0.465 e. The van der Waals surface area contributed by atoms with E-state index in [4.69, 9.17) is 0 Å². The molecule has 0 radical (unpaired) electrons. The Kier molecular flexibility index (Phi) is 6.90. The van der Waals surface area contributed by atoms with Crippen LogP contribution in [0.5, 0.6) is 0 Å². The van der Waals surface area contributed by atoms with Crippen molar-refractivity contribution in [1.82, 2.24) is 5.32 Å². The molecule has 2 N–H and O–H groups in total. The minimum absolute atomic E-state index is 0.0766. The van der Waals surface area contributed by atoms with E-state index in [-0.39, 0.29) is 12.6 Å². The molecule has 0 fully saturated rings. The van der Waals surface area contributed by atoms with Crippen molar-refractivity contribution in [3.63, 3.8) is 0 Å². The van der Waals surface area contributed by atoms with Gasteiger partial charge in [-0.2, -0.15) is 0 Å². The number of benzene rings is 2. The predicted octanol–water partition coefficient (Wildman–Crippen LogP) is 3.53. The molecule has 0 aliphatic rings.